The Bertz CT molecular complexity index is 809. The Labute approximate surface area is 140 Å². The quantitative estimate of drug-likeness (QED) is 0.799. The van der Waals surface area contributed by atoms with Crippen molar-refractivity contribution < 1.29 is 4.74 Å². The van der Waals surface area contributed by atoms with Gasteiger partial charge in [-0.1, -0.05) is 0 Å². The number of aromatic nitrogens is 4. The molecule has 3 heterocycles. The maximum Gasteiger partial charge on any atom is 0.165 e. The molecule has 0 aromatic carbocycles. The van der Waals surface area contributed by atoms with Gasteiger partial charge in [-0.15, -0.1) is 0 Å². The number of ether oxygens (including phenoxy) is 1. The highest BCUT2D eigenvalue weighted by molar-refractivity contribution is 5.77. The molecule has 6 nitrogen and oxygen atoms in total. The summed E-state index contributed by atoms with van der Waals surface area (Å²) in [5.74, 6) is 0.902. The number of methoxy groups -OCH3 is 1. The van der Waals surface area contributed by atoms with Crippen molar-refractivity contribution in [3.05, 3.63) is 43.0 Å². The summed E-state index contributed by atoms with van der Waals surface area (Å²) in [6.45, 7) is 0. The van der Waals surface area contributed by atoms with Crippen molar-refractivity contribution in [3.63, 3.8) is 0 Å². The minimum atomic E-state index is 0.409. The minimum Gasteiger partial charge on any atom is -0.381 e. The van der Waals surface area contributed by atoms with E-state index in [9.17, 15) is 0 Å². The number of pyridine rings is 1. The molecular weight excluding hydrogens is 302 g/mol. The van der Waals surface area contributed by atoms with Crippen molar-refractivity contribution in [1.82, 2.24) is 19.6 Å². The van der Waals surface area contributed by atoms with Gasteiger partial charge in [0.2, 0.25) is 0 Å². The first-order valence-electron chi connectivity index (χ1n) is 8.37. The van der Waals surface area contributed by atoms with E-state index in [1.54, 1.807) is 19.5 Å². The SMILES string of the molecule is COC1CCC(Nc2ccn3ncc(-c4ccncc4)c3n2)CC1. The van der Waals surface area contributed by atoms with Gasteiger partial charge in [0, 0.05) is 37.3 Å². The van der Waals surface area contributed by atoms with Gasteiger partial charge in [-0.05, 0) is 49.4 Å². The van der Waals surface area contributed by atoms with Gasteiger partial charge < -0.3 is 10.1 Å². The zero-order chi connectivity index (χ0) is 16.4. The normalized spacial score (nSPS) is 21.0. The summed E-state index contributed by atoms with van der Waals surface area (Å²) in [5, 5.41) is 7.96. The second-order valence-electron chi connectivity index (χ2n) is 6.23. The van der Waals surface area contributed by atoms with Gasteiger partial charge in [0.05, 0.1) is 12.3 Å². The van der Waals surface area contributed by atoms with Gasteiger partial charge in [-0.2, -0.15) is 5.10 Å². The standard InChI is InChI=1S/C18H21N5O/c1-24-15-4-2-14(3-5-15)21-17-8-11-23-18(22-17)16(12-20-23)13-6-9-19-10-7-13/h6-12,14-15H,2-5H2,1H3,(H,21,22). The molecule has 0 saturated heterocycles. The van der Waals surface area contributed by atoms with Crippen LogP contribution in [0.4, 0.5) is 5.82 Å². The molecule has 24 heavy (non-hydrogen) atoms. The summed E-state index contributed by atoms with van der Waals surface area (Å²) in [4.78, 5) is 8.86. The number of hydrogen-bond donors (Lipinski definition) is 1. The molecule has 1 aliphatic carbocycles. The molecule has 1 N–H and O–H groups in total. The lowest BCUT2D eigenvalue weighted by molar-refractivity contribution is 0.0681. The van der Waals surface area contributed by atoms with Gasteiger partial charge in [-0.25, -0.2) is 9.50 Å². The van der Waals surface area contributed by atoms with E-state index >= 15 is 0 Å². The van der Waals surface area contributed by atoms with Crippen LogP contribution in [0.15, 0.2) is 43.0 Å². The van der Waals surface area contributed by atoms with Crippen molar-refractivity contribution >= 4 is 11.5 Å². The van der Waals surface area contributed by atoms with Crippen LogP contribution in [0.2, 0.25) is 0 Å². The lowest BCUT2D eigenvalue weighted by Crippen LogP contribution is -2.29. The molecule has 0 atom stereocenters. The molecule has 1 aliphatic rings. The van der Waals surface area contributed by atoms with Crippen LogP contribution in [0.1, 0.15) is 25.7 Å². The highest BCUT2D eigenvalue weighted by Gasteiger charge is 2.21. The third-order valence-electron chi connectivity index (χ3n) is 4.72. The highest BCUT2D eigenvalue weighted by atomic mass is 16.5. The van der Waals surface area contributed by atoms with Crippen LogP contribution in [0.5, 0.6) is 0 Å². The predicted molar refractivity (Wildman–Crippen MR) is 92.9 cm³/mol. The Morgan fingerprint density at radius 2 is 1.92 bits per heavy atom. The predicted octanol–water partition coefficient (Wildman–Crippen LogP) is 3.16. The third kappa shape index (κ3) is 2.97. The van der Waals surface area contributed by atoms with Crippen molar-refractivity contribution in [2.45, 2.75) is 37.8 Å². The van der Waals surface area contributed by atoms with Gasteiger partial charge in [0.25, 0.3) is 0 Å². The molecule has 4 rings (SSSR count). The minimum absolute atomic E-state index is 0.409. The Morgan fingerprint density at radius 1 is 1.12 bits per heavy atom. The molecular formula is C18H21N5O. The van der Waals surface area contributed by atoms with Crippen LogP contribution in [0.25, 0.3) is 16.8 Å². The maximum atomic E-state index is 5.44. The largest absolute Gasteiger partial charge is 0.381 e. The van der Waals surface area contributed by atoms with E-state index in [2.05, 4.69) is 15.4 Å². The van der Waals surface area contributed by atoms with E-state index in [1.807, 2.05) is 35.1 Å². The molecule has 1 saturated carbocycles. The lowest BCUT2D eigenvalue weighted by Gasteiger charge is -2.28. The number of fused-ring (bicyclic) bond motifs is 1. The third-order valence-corrected chi connectivity index (χ3v) is 4.72. The van der Waals surface area contributed by atoms with Crippen LogP contribution in [-0.4, -0.2) is 38.8 Å². The number of nitrogens with one attached hydrogen (secondary N) is 1. The van der Waals surface area contributed by atoms with Crippen molar-refractivity contribution in [3.8, 4) is 11.1 Å². The van der Waals surface area contributed by atoms with E-state index in [4.69, 9.17) is 9.72 Å². The van der Waals surface area contributed by atoms with E-state index < -0.39 is 0 Å². The van der Waals surface area contributed by atoms with Gasteiger partial charge in [0.15, 0.2) is 5.65 Å². The monoisotopic (exact) mass is 323 g/mol. The topological polar surface area (TPSA) is 64.3 Å². The molecule has 0 bridgehead atoms. The van der Waals surface area contributed by atoms with E-state index in [0.717, 1.165) is 48.3 Å². The Balaban J connectivity index is 1.57. The van der Waals surface area contributed by atoms with Crippen LogP contribution in [-0.2, 0) is 4.74 Å². The number of anilines is 1. The average molecular weight is 323 g/mol. The molecule has 0 aliphatic heterocycles. The zero-order valence-corrected chi connectivity index (χ0v) is 13.7. The maximum absolute atomic E-state index is 5.44. The van der Waals surface area contributed by atoms with Gasteiger partial charge in [-0.3, -0.25) is 4.98 Å². The van der Waals surface area contributed by atoms with Crippen LogP contribution < -0.4 is 5.32 Å². The molecule has 0 radical (unpaired) electrons. The fraction of sp³-hybridized carbons (Fsp3) is 0.389. The molecule has 0 spiro atoms. The summed E-state index contributed by atoms with van der Waals surface area (Å²) >= 11 is 0. The molecule has 124 valence electrons. The Hall–Kier alpha value is -2.47. The molecule has 6 heteroatoms. The van der Waals surface area contributed by atoms with Gasteiger partial charge >= 0.3 is 0 Å². The van der Waals surface area contributed by atoms with Crippen molar-refractivity contribution in [2.24, 2.45) is 0 Å². The fourth-order valence-corrected chi connectivity index (χ4v) is 3.34. The zero-order valence-electron chi connectivity index (χ0n) is 13.7. The summed E-state index contributed by atoms with van der Waals surface area (Å²) in [6, 6.07) is 6.40. The first-order chi connectivity index (χ1) is 11.8. The molecule has 1 fully saturated rings. The van der Waals surface area contributed by atoms with Crippen LogP contribution in [0, 0.1) is 0 Å². The average Bonchev–Trinajstić information content (AvgIpc) is 3.06. The van der Waals surface area contributed by atoms with Crippen molar-refractivity contribution in [1.29, 1.82) is 0 Å². The smallest absolute Gasteiger partial charge is 0.165 e. The second-order valence-corrected chi connectivity index (χ2v) is 6.23. The number of nitrogens with zero attached hydrogens (tertiary/aromatic N) is 4. The number of rotatable bonds is 4. The lowest BCUT2D eigenvalue weighted by atomic mass is 9.93. The summed E-state index contributed by atoms with van der Waals surface area (Å²) in [5.41, 5.74) is 2.95. The first kappa shape index (κ1) is 15.1. The molecule has 0 unspecified atom stereocenters. The second kappa shape index (κ2) is 6.57. The van der Waals surface area contributed by atoms with Crippen molar-refractivity contribution in [2.75, 3.05) is 12.4 Å². The molecule has 3 aromatic heterocycles. The summed E-state index contributed by atoms with van der Waals surface area (Å²) in [7, 11) is 1.80. The fourth-order valence-electron chi connectivity index (χ4n) is 3.34. The van der Waals surface area contributed by atoms with Crippen LogP contribution in [0.3, 0.4) is 0 Å². The number of hydrogen-bond acceptors (Lipinski definition) is 5. The van der Waals surface area contributed by atoms with E-state index in [1.165, 1.54) is 0 Å². The highest BCUT2D eigenvalue weighted by Crippen LogP contribution is 2.26. The van der Waals surface area contributed by atoms with Crippen LogP contribution >= 0.6 is 0 Å². The first-order valence-corrected chi connectivity index (χ1v) is 8.37. The molecule has 0 amide bonds. The summed E-state index contributed by atoms with van der Waals surface area (Å²) in [6.07, 6.45) is 12.2. The van der Waals surface area contributed by atoms with E-state index in [0.29, 0.717) is 12.1 Å². The Morgan fingerprint density at radius 3 is 2.67 bits per heavy atom. The van der Waals surface area contributed by atoms with Gasteiger partial charge in [0.1, 0.15) is 5.82 Å². The molecule has 3 aromatic rings. The Kier molecular flexibility index (Phi) is 4.13. The summed E-state index contributed by atoms with van der Waals surface area (Å²) < 4.78 is 7.25. The van der Waals surface area contributed by atoms with E-state index in [-0.39, 0.29) is 0 Å².